The molecule has 1 heterocycles. The minimum absolute atomic E-state index is 0.0172. The molecule has 2 amide bonds. The number of halogens is 2. The van der Waals surface area contributed by atoms with Gasteiger partial charge in [-0.2, -0.15) is 0 Å². The summed E-state index contributed by atoms with van der Waals surface area (Å²) in [6.07, 6.45) is 0. The van der Waals surface area contributed by atoms with Gasteiger partial charge >= 0.3 is 0 Å². The summed E-state index contributed by atoms with van der Waals surface area (Å²) in [6.45, 7) is 5.12. The van der Waals surface area contributed by atoms with E-state index in [-0.39, 0.29) is 17.9 Å². The lowest BCUT2D eigenvalue weighted by Crippen LogP contribution is -3.15. The lowest BCUT2D eigenvalue weighted by molar-refractivity contribution is -0.896. The van der Waals surface area contributed by atoms with Crippen molar-refractivity contribution in [3.05, 3.63) is 69.7 Å². The summed E-state index contributed by atoms with van der Waals surface area (Å²) in [5.74, 6) is 0.0359. The Hall–Kier alpha value is -2.08. The van der Waals surface area contributed by atoms with E-state index in [1.54, 1.807) is 12.1 Å². The minimum atomic E-state index is -0.150. The van der Waals surface area contributed by atoms with E-state index < -0.39 is 0 Å². The second kappa shape index (κ2) is 9.41. The molecule has 0 radical (unpaired) electrons. The summed E-state index contributed by atoms with van der Waals surface area (Å²) < 4.78 is 0. The first kappa shape index (κ1) is 20.6. The fourth-order valence-electron chi connectivity index (χ4n) is 3.35. The van der Waals surface area contributed by atoms with Crippen molar-refractivity contribution < 1.29 is 14.5 Å². The summed E-state index contributed by atoms with van der Waals surface area (Å²) in [5, 5.41) is 3.98. The van der Waals surface area contributed by atoms with Gasteiger partial charge in [0.1, 0.15) is 0 Å². The molecule has 5 nitrogen and oxygen atoms in total. The average Bonchev–Trinajstić information content (AvgIpc) is 2.70. The number of hydrogen-bond acceptors (Lipinski definition) is 2. The van der Waals surface area contributed by atoms with Crippen LogP contribution in [0.15, 0.2) is 48.5 Å². The third-order valence-corrected chi connectivity index (χ3v) is 5.75. The summed E-state index contributed by atoms with van der Waals surface area (Å²) in [7, 11) is 0. The summed E-state index contributed by atoms with van der Waals surface area (Å²) in [5.41, 5.74) is 1.62. The first-order valence-corrected chi connectivity index (χ1v) is 10.1. The van der Waals surface area contributed by atoms with Gasteiger partial charge in [-0.1, -0.05) is 47.5 Å². The highest BCUT2D eigenvalue weighted by atomic mass is 35.5. The molecule has 148 valence electrons. The molecule has 1 saturated heterocycles. The van der Waals surface area contributed by atoms with Gasteiger partial charge in [0.2, 0.25) is 0 Å². The van der Waals surface area contributed by atoms with E-state index in [0.717, 1.165) is 18.7 Å². The van der Waals surface area contributed by atoms with Crippen molar-refractivity contribution in [2.75, 3.05) is 32.7 Å². The second-order valence-corrected chi connectivity index (χ2v) is 7.86. The standard InChI is InChI=1S/C21H23Cl2N3O2/c1-15(17-7-8-18(22)19(23)13-17)24-20(27)14-25-9-11-26(12-10-25)21(28)16-5-3-2-4-6-16/h2-8,13,15H,9-12,14H2,1H3,(H,24,27)/p+1/t15-/m0/s1. The van der Waals surface area contributed by atoms with Crippen molar-refractivity contribution in [1.82, 2.24) is 10.2 Å². The van der Waals surface area contributed by atoms with Gasteiger partial charge in [-0.3, -0.25) is 9.59 Å². The quantitative estimate of drug-likeness (QED) is 0.778. The summed E-state index contributed by atoms with van der Waals surface area (Å²) in [4.78, 5) is 27.9. The molecular formula is C21H24Cl2N3O2+. The molecule has 7 heteroatoms. The van der Waals surface area contributed by atoms with Crippen LogP contribution in [-0.4, -0.2) is 49.4 Å². The Morgan fingerprint density at radius 3 is 2.39 bits per heavy atom. The number of benzene rings is 2. The van der Waals surface area contributed by atoms with E-state index >= 15 is 0 Å². The van der Waals surface area contributed by atoms with Gasteiger partial charge in [-0.05, 0) is 36.8 Å². The number of nitrogens with one attached hydrogen (secondary N) is 2. The third kappa shape index (κ3) is 5.25. The lowest BCUT2D eigenvalue weighted by atomic mass is 10.1. The molecule has 1 aliphatic rings. The Kier molecular flexibility index (Phi) is 6.94. The van der Waals surface area contributed by atoms with E-state index in [0.29, 0.717) is 35.2 Å². The molecular weight excluding hydrogens is 397 g/mol. The zero-order valence-electron chi connectivity index (χ0n) is 15.8. The SMILES string of the molecule is C[C@H](NC(=O)C[NH+]1CCN(C(=O)c2ccccc2)CC1)c1ccc(Cl)c(Cl)c1. The first-order chi connectivity index (χ1) is 13.4. The predicted molar refractivity (Wildman–Crippen MR) is 111 cm³/mol. The van der Waals surface area contributed by atoms with Crippen LogP contribution in [0.2, 0.25) is 10.0 Å². The van der Waals surface area contributed by atoms with Crippen LogP contribution in [0.4, 0.5) is 0 Å². The molecule has 0 spiro atoms. The van der Waals surface area contributed by atoms with Crippen molar-refractivity contribution in [3.8, 4) is 0 Å². The van der Waals surface area contributed by atoms with E-state index in [1.807, 2.05) is 48.2 Å². The Bertz CT molecular complexity index is 837. The van der Waals surface area contributed by atoms with Crippen LogP contribution in [0.1, 0.15) is 28.9 Å². The molecule has 2 aromatic carbocycles. The number of quaternary nitrogens is 1. The number of carbonyl (C=O) groups excluding carboxylic acids is 2. The summed E-state index contributed by atoms with van der Waals surface area (Å²) in [6, 6.07) is 14.5. The van der Waals surface area contributed by atoms with Gasteiger partial charge in [0.15, 0.2) is 6.54 Å². The predicted octanol–water partition coefficient (Wildman–Crippen LogP) is 2.21. The van der Waals surface area contributed by atoms with Gasteiger partial charge in [-0.15, -0.1) is 0 Å². The van der Waals surface area contributed by atoms with Gasteiger partial charge in [0.05, 0.1) is 42.3 Å². The second-order valence-electron chi connectivity index (χ2n) is 7.05. The molecule has 0 saturated carbocycles. The van der Waals surface area contributed by atoms with Gasteiger partial charge < -0.3 is 15.1 Å². The van der Waals surface area contributed by atoms with Crippen LogP contribution < -0.4 is 10.2 Å². The molecule has 2 aromatic rings. The van der Waals surface area contributed by atoms with E-state index in [2.05, 4.69) is 5.32 Å². The molecule has 0 bridgehead atoms. The molecule has 2 N–H and O–H groups in total. The number of carbonyl (C=O) groups is 2. The molecule has 0 unspecified atom stereocenters. The van der Waals surface area contributed by atoms with Crippen LogP contribution >= 0.6 is 23.2 Å². The number of rotatable bonds is 5. The number of piperazine rings is 1. The first-order valence-electron chi connectivity index (χ1n) is 9.36. The van der Waals surface area contributed by atoms with Gasteiger partial charge in [-0.25, -0.2) is 0 Å². The highest BCUT2D eigenvalue weighted by molar-refractivity contribution is 6.42. The number of nitrogens with zero attached hydrogens (tertiary/aromatic N) is 1. The lowest BCUT2D eigenvalue weighted by Gasteiger charge is -2.32. The van der Waals surface area contributed by atoms with Gasteiger partial charge in [0.25, 0.3) is 11.8 Å². The van der Waals surface area contributed by atoms with Crippen molar-refractivity contribution in [2.24, 2.45) is 0 Å². The maximum atomic E-state index is 12.5. The molecule has 1 atom stereocenters. The monoisotopic (exact) mass is 420 g/mol. The zero-order valence-corrected chi connectivity index (χ0v) is 17.3. The molecule has 28 heavy (non-hydrogen) atoms. The van der Waals surface area contributed by atoms with E-state index in [9.17, 15) is 9.59 Å². The Morgan fingerprint density at radius 2 is 1.75 bits per heavy atom. The smallest absolute Gasteiger partial charge is 0.275 e. The van der Waals surface area contributed by atoms with Crippen molar-refractivity contribution >= 4 is 35.0 Å². The fraction of sp³-hybridized carbons (Fsp3) is 0.333. The Labute approximate surface area is 175 Å². The molecule has 1 aliphatic heterocycles. The number of amides is 2. The van der Waals surface area contributed by atoms with Crippen molar-refractivity contribution in [1.29, 1.82) is 0 Å². The largest absolute Gasteiger partial charge is 0.345 e. The van der Waals surface area contributed by atoms with Crippen molar-refractivity contribution in [3.63, 3.8) is 0 Å². The van der Waals surface area contributed by atoms with Crippen LogP contribution in [0, 0.1) is 0 Å². The number of hydrogen-bond donors (Lipinski definition) is 2. The van der Waals surface area contributed by atoms with E-state index in [4.69, 9.17) is 23.2 Å². The van der Waals surface area contributed by atoms with Crippen LogP contribution in [0.25, 0.3) is 0 Å². The molecule has 3 rings (SSSR count). The highest BCUT2D eigenvalue weighted by Gasteiger charge is 2.26. The molecule has 0 aliphatic carbocycles. The molecule has 0 aromatic heterocycles. The van der Waals surface area contributed by atoms with Gasteiger partial charge in [0, 0.05) is 5.56 Å². The molecule has 1 fully saturated rings. The Balaban J connectivity index is 1.47. The maximum absolute atomic E-state index is 12.5. The van der Waals surface area contributed by atoms with Crippen LogP contribution in [-0.2, 0) is 4.79 Å². The fourth-order valence-corrected chi connectivity index (χ4v) is 3.66. The Morgan fingerprint density at radius 1 is 1.07 bits per heavy atom. The average molecular weight is 421 g/mol. The topological polar surface area (TPSA) is 53.9 Å². The van der Waals surface area contributed by atoms with Crippen LogP contribution in [0.3, 0.4) is 0 Å². The van der Waals surface area contributed by atoms with E-state index in [1.165, 1.54) is 4.90 Å². The summed E-state index contributed by atoms with van der Waals surface area (Å²) >= 11 is 12.0. The third-order valence-electron chi connectivity index (χ3n) is 5.01. The maximum Gasteiger partial charge on any atom is 0.275 e. The van der Waals surface area contributed by atoms with Crippen LogP contribution in [0.5, 0.6) is 0 Å². The highest BCUT2D eigenvalue weighted by Crippen LogP contribution is 2.25. The van der Waals surface area contributed by atoms with Crippen molar-refractivity contribution in [2.45, 2.75) is 13.0 Å². The normalized spacial score (nSPS) is 15.9. The zero-order chi connectivity index (χ0) is 20.1. The minimum Gasteiger partial charge on any atom is -0.345 e.